The van der Waals surface area contributed by atoms with Gasteiger partial charge in [-0.25, -0.2) is 0 Å². The van der Waals surface area contributed by atoms with Gasteiger partial charge in [-0.2, -0.15) is 0 Å². The van der Waals surface area contributed by atoms with Gasteiger partial charge in [0.25, 0.3) is 0 Å². The molecule has 2 unspecified atom stereocenters. The van der Waals surface area contributed by atoms with Crippen LogP contribution in [0, 0.1) is 11.8 Å². The van der Waals surface area contributed by atoms with Gasteiger partial charge in [-0.3, -0.25) is 9.36 Å². The Kier molecular flexibility index (Phi) is 4.34. The first-order chi connectivity index (χ1) is 8.97. The van der Waals surface area contributed by atoms with Crippen molar-refractivity contribution in [3.8, 4) is 0 Å². The second-order valence-electron chi connectivity index (χ2n) is 5.46. The predicted molar refractivity (Wildman–Crippen MR) is 74.0 cm³/mol. The van der Waals surface area contributed by atoms with Crippen molar-refractivity contribution in [1.29, 1.82) is 0 Å². The van der Waals surface area contributed by atoms with Crippen LogP contribution in [0.2, 0.25) is 0 Å². The number of rotatable bonds is 4. The van der Waals surface area contributed by atoms with Crippen LogP contribution < -0.4 is 5.73 Å². The molecule has 0 spiro atoms. The second-order valence-corrected chi connectivity index (χ2v) is 6.41. The number of anilines is 1. The molecular formula is C12H20N4O2S. The minimum atomic E-state index is -0.858. The molecule has 7 heteroatoms. The smallest absolute Gasteiger partial charge is 0.313 e. The van der Waals surface area contributed by atoms with Gasteiger partial charge in [0, 0.05) is 6.04 Å². The highest BCUT2D eigenvalue weighted by molar-refractivity contribution is 7.99. The number of aliphatic carboxylic acids is 1. The van der Waals surface area contributed by atoms with Crippen LogP contribution in [-0.2, 0) is 4.79 Å². The number of carboxylic acids is 1. The van der Waals surface area contributed by atoms with E-state index in [-0.39, 0.29) is 11.8 Å². The lowest BCUT2D eigenvalue weighted by molar-refractivity contribution is -0.133. The van der Waals surface area contributed by atoms with Gasteiger partial charge >= 0.3 is 5.97 Å². The molecule has 6 nitrogen and oxygen atoms in total. The number of nitrogen functional groups attached to an aromatic ring is 1. The number of carboxylic acid groups (broad SMARTS) is 1. The zero-order valence-corrected chi connectivity index (χ0v) is 12.1. The number of thioether (sulfide) groups is 1. The highest BCUT2D eigenvalue weighted by Crippen LogP contribution is 2.38. The summed E-state index contributed by atoms with van der Waals surface area (Å²) < 4.78 is 1.92. The highest BCUT2D eigenvalue weighted by atomic mass is 32.2. The summed E-state index contributed by atoms with van der Waals surface area (Å²) in [5.74, 6) is 0.805. The van der Waals surface area contributed by atoms with Gasteiger partial charge < -0.3 is 10.8 Å². The monoisotopic (exact) mass is 284 g/mol. The van der Waals surface area contributed by atoms with E-state index >= 15 is 0 Å². The number of nitrogens with two attached hydrogens (primary N) is 1. The molecule has 0 aromatic carbocycles. The lowest BCUT2D eigenvalue weighted by atomic mass is 9.80. The Hall–Kier alpha value is -1.24. The molecule has 0 amide bonds. The van der Waals surface area contributed by atoms with E-state index in [9.17, 15) is 4.79 Å². The van der Waals surface area contributed by atoms with Crippen LogP contribution in [0.5, 0.6) is 0 Å². The average Bonchev–Trinajstić information content (AvgIpc) is 2.66. The third kappa shape index (κ3) is 3.40. The van der Waals surface area contributed by atoms with Crippen LogP contribution >= 0.6 is 11.8 Å². The third-order valence-electron chi connectivity index (χ3n) is 3.53. The van der Waals surface area contributed by atoms with Gasteiger partial charge in [-0.15, -0.1) is 10.2 Å². The van der Waals surface area contributed by atoms with Gasteiger partial charge in [0.05, 0.1) is 5.75 Å². The number of aromatic nitrogens is 3. The first kappa shape index (κ1) is 14.2. The van der Waals surface area contributed by atoms with Crippen LogP contribution in [0.15, 0.2) is 5.16 Å². The summed E-state index contributed by atoms with van der Waals surface area (Å²) in [6.07, 6.45) is 3.33. The number of nitrogens with zero attached hydrogens (tertiary/aromatic N) is 3. The van der Waals surface area contributed by atoms with Gasteiger partial charge in [0.2, 0.25) is 5.95 Å². The molecule has 0 bridgehead atoms. The maximum absolute atomic E-state index is 10.7. The molecule has 1 aromatic rings. The van der Waals surface area contributed by atoms with E-state index < -0.39 is 5.97 Å². The largest absolute Gasteiger partial charge is 0.481 e. The highest BCUT2D eigenvalue weighted by Gasteiger charge is 2.28. The van der Waals surface area contributed by atoms with Crippen molar-refractivity contribution in [3.05, 3.63) is 0 Å². The number of carbonyl (C=O) groups is 1. The molecule has 1 aromatic heterocycles. The summed E-state index contributed by atoms with van der Waals surface area (Å²) >= 11 is 1.18. The molecule has 106 valence electrons. The Morgan fingerprint density at radius 3 is 2.58 bits per heavy atom. The maximum atomic E-state index is 10.7. The molecule has 0 saturated heterocycles. The topological polar surface area (TPSA) is 94.0 Å². The van der Waals surface area contributed by atoms with Crippen LogP contribution in [-0.4, -0.2) is 31.6 Å². The Morgan fingerprint density at radius 1 is 1.37 bits per heavy atom. The van der Waals surface area contributed by atoms with Crippen molar-refractivity contribution in [1.82, 2.24) is 14.8 Å². The number of hydrogen-bond donors (Lipinski definition) is 2. The minimum Gasteiger partial charge on any atom is -0.481 e. The van der Waals surface area contributed by atoms with Crippen LogP contribution in [0.3, 0.4) is 0 Å². The average molecular weight is 284 g/mol. The van der Waals surface area contributed by atoms with Crippen molar-refractivity contribution in [2.45, 2.75) is 44.3 Å². The zero-order valence-electron chi connectivity index (χ0n) is 11.2. The van der Waals surface area contributed by atoms with E-state index in [1.807, 2.05) is 4.57 Å². The summed E-state index contributed by atoms with van der Waals surface area (Å²) in [6.45, 7) is 4.49. The summed E-state index contributed by atoms with van der Waals surface area (Å²) in [6, 6.07) is 0.282. The van der Waals surface area contributed by atoms with E-state index in [0.29, 0.717) is 22.9 Å². The van der Waals surface area contributed by atoms with Gasteiger partial charge in [-0.1, -0.05) is 25.6 Å². The van der Waals surface area contributed by atoms with Gasteiger partial charge in [0.15, 0.2) is 5.16 Å². The Balaban J connectivity index is 2.18. The standard InChI is InChI=1S/C12H20N4O2S/c1-7-3-8(2)5-9(4-7)16-11(13)14-15-12(16)19-6-10(17)18/h7-9H,3-6H2,1-2H3,(H2,13,14)(H,17,18). The van der Waals surface area contributed by atoms with Crippen LogP contribution in [0.25, 0.3) is 0 Å². The van der Waals surface area contributed by atoms with E-state index in [4.69, 9.17) is 10.8 Å². The molecule has 1 saturated carbocycles. The first-order valence-electron chi connectivity index (χ1n) is 6.52. The molecule has 1 fully saturated rings. The molecule has 3 N–H and O–H groups in total. The lowest BCUT2D eigenvalue weighted by Crippen LogP contribution is -2.24. The van der Waals surface area contributed by atoms with Crippen molar-refractivity contribution in [3.63, 3.8) is 0 Å². The van der Waals surface area contributed by atoms with E-state index in [1.165, 1.54) is 18.2 Å². The normalized spacial score (nSPS) is 27.4. The fourth-order valence-electron chi connectivity index (χ4n) is 2.97. The van der Waals surface area contributed by atoms with E-state index in [2.05, 4.69) is 24.0 Å². The molecule has 1 aliphatic carbocycles. The fraction of sp³-hybridized carbons (Fsp3) is 0.750. The van der Waals surface area contributed by atoms with E-state index in [1.54, 1.807) is 0 Å². The molecule has 1 aliphatic rings. The van der Waals surface area contributed by atoms with Gasteiger partial charge in [-0.05, 0) is 31.1 Å². The molecule has 2 rings (SSSR count). The molecule has 0 radical (unpaired) electrons. The molecule has 19 heavy (non-hydrogen) atoms. The number of hydrogen-bond acceptors (Lipinski definition) is 5. The predicted octanol–water partition coefficient (Wildman–Crippen LogP) is 2.03. The summed E-state index contributed by atoms with van der Waals surface area (Å²) in [4.78, 5) is 10.7. The van der Waals surface area contributed by atoms with Crippen molar-refractivity contribution in [2.24, 2.45) is 11.8 Å². The summed E-state index contributed by atoms with van der Waals surface area (Å²) in [5, 5.41) is 17.3. The quantitative estimate of drug-likeness (QED) is 0.822. The first-order valence-corrected chi connectivity index (χ1v) is 7.51. The second kappa shape index (κ2) is 5.81. The summed E-state index contributed by atoms with van der Waals surface area (Å²) in [7, 11) is 0. The Bertz CT molecular complexity index is 453. The summed E-state index contributed by atoms with van der Waals surface area (Å²) in [5.41, 5.74) is 5.90. The third-order valence-corrected chi connectivity index (χ3v) is 4.46. The lowest BCUT2D eigenvalue weighted by Gasteiger charge is -2.32. The molecule has 1 heterocycles. The Labute approximate surface area is 116 Å². The SMILES string of the molecule is CC1CC(C)CC(n2c(N)nnc2SCC(=O)O)C1. The maximum Gasteiger partial charge on any atom is 0.313 e. The molecule has 2 atom stereocenters. The molecule has 0 aliphatic heterocycles. The van der Waals surface area contributed by atoms with Crippen LogP contribution in [0.1, 0.15) is 39.2 Å². The van der Waals surface area contributed by atoms with Crippen molar-refractivity contribution in [2.75, 3.05) is 11.5 Å². The molecular weight excluding hydrogens is 264 g/mol. The van der Waals surface area contributed by atoms with Crippen LogP contribution in [0.4, 0.5) is 5.95 Å². The van der Waals surface area contributed by atoms with Crippen molar-refractivity contribution >= 4 is 23.7 Å². The minimum absolute atomic E-state index is 0.0179. The zero-order chi connectivity index (χ0) is 14.0. The Morgan fingerprint density at radius 2 is 2.00 bits per heavy atom. The van der Waals surface area contributed by atoms with Crippen molar-refractivity contribution < 1.29 is 9.90 Å². The van der Waals surface area contributed by atoms with E-state index in [0.717, 1.165) is 12.8 Å². The van der Waals surface area contributed by atoms with Gasteiger partial charge in [0.1, 0.15) is 0 Å². The fourth-order valence-corrected chi connectivity index (χ4v) is 3.70.